The van der Waals surface area contributed by atoms with Crippen LogP contribution in [-0.2, 0) is 4.79 Å². The van der Waals surface area contributed by atoms with Crippen LogP contribution < -0.4 is 10.1 Å². The minimum absolute atomic E-state index is 0.0534. The third kappa shape index (κ3) is 2.97. The molecular formula is C22H18N2O2. The van der Waals surface area contributed by atoms with Gasteiger partial charge in [0.2, 0.25) is 5.91 Å². The van der Waals surface area contributed by atoms with Gasteiger partial charge in [0.15, 0.2) is 0 Å². The molecule has 4 heteroatoms. The van der Waals surface area contributed by atoms with Crippen LogP contribution in [-0.4, -0.2) is 18.7 Å². The minimum atomic E-state index is -0.435. The SMILES string of the molecule is COc1ccc(N=C(c2ccccc2)C2C(=O)Nc3ccccc32)cc1. The molecule has 3 aromatic rings. The lowest BCUT2D eigenvalue weighted by Crippen LogP contribution is -2.21. The Morgan fingerprint density at radius 2 is 1.62 bits per heavy atom. The van der Waals surface area contributed by atoms with Crippen LogP contribution in [0, 0.1) is 0 Å². The average Bonchev–Trinajstić information content (AvgIpc) is 3.03. The van der Waals surface area contributed by atoms with Gasteiger partial charge in [0, 0.05) is 5.69 Å². The topological polar surface area (TPSA) is 50.7 Å². The van der Waals surface area contributed by atoms with Crippen molar-refractivity contribution in [1.29, 1.82) is 0 Å². The Labute approximate surface area is 152 Å². The van der Waals surface area contributed by atoms with Gasteiger partial charge in [-0.2, -0.15) is 0 Å². The lowest BCUT2D eigenvalue weighted by atomic mass is 9.90. The van der Waals surface area contributed by atoms with E-state index in [1.165, 1.54) is 0 Å². The van der Waals surface area contributed by atoms with E-state index < -0.39 is 5.92 Å². The largest absolute Gasteiger partial charge is 0.497 e. The van der Waals surface area contributed by atoms with Crippen LogP contribution in [0.5, 0.6) is 5.75 Å². The number of hydrogen-bond donors (Lipinski definition) is 1. The molecule has 0 saturated heterocycles. The summed E-state index contributed by atoms with van der Waals surface area (Å²) in [5.41, 5.74) is 4.25. The highest BCUT2D eigenvalue weighted by Gasteiger charge is 2.35. The maximum absolute atomic E-state index is 12.7. The van der Waals surface area contributed by atoms with E-state index in [1.54, 1.807) is 7.11 Å². The molecule has 26 heavy (non-hydrogen) atoms. The fourth-order valence-electron chi connectivity index (χ4n) is 3.18. The summed E-state index contributed by atoms with van der Waals surface area (Å²) in [6.07, 6.45) is 0. The van der Waals surface area contributed by atoms with E-state index in [0.717, 1.165) is 34.0 Å². The first-order valence-corrected chi connectivity index (χ1v) is 8.44. The highest BCUT2D eigenvalue weighted by Crippen LogP contribution is 2.36. The number of anilines is 1. The number of benzene rings is 3. The van der Waals surface area contributed by atoms with Crippen LogP contribution in [0.4, 0.5) is 11.4 Å². The van der Waals surface area contributed by atoms with Gasteiger partial charge in [0.1, 0.15) is 11.7 Å². The van der Waals surface area contributed by atoms with Gasteiger partial charge in [0.25, 0.3) is 0 Å². The molecule has 4 nitrogen and oxygen atoms in total. The molecule has 0 bridgehead atoms. The number of hydrogen-bond acceptors (Lipinski definition) is 3. The lowest BCUT2D eigenvalue weighted by molar-refractivity contribution is -0.115. The van der Waals surface area contributed by atoms with Crippen LogP contribution in [0.2, 0.25) is 0 Å². The van der Waals surface area contributed by atoms with Crippen LogP contribution in [0.1, 0.15) is 17.0 Å². The third-order valence-electron chi connectivity index (χ3n) is 4.46. The van der Waals surface area contributed by atoms with E-state index >= 15 is 0 Å². The van der Waals surface area contributed by atoms with Gasteiger partial charge in [0.05, 0.1) is 18.5 Å². The Balaban J connectivity index is 1.84. The summed E-state index contributed by atoms with van der Waals surface area (Å²) in [5, 5.41) is 2.96. The molecule has 0 aliphatic carbocycles. The van der Waals surface area contributed by atoms with Gasteiger partial charge in [-0.05, 0) is 41.5 Å². The molecule has 4 rings (SSSR count). The normalized spacial score (nSPS) is 16.1. The van der Waals surface area contributed by atoms with Crippen LogP contribution in [0.3, 0.4) is 0 Å². The number of aliphatic imine (C=N–C) groups is 1. The first kappa shape index (κ1) is 16.1. The van der Waals surface area contributed by atoms with E-state index in [1.807, 2.05) is 78.9 Å². The van der Waals surface area contributed by atoms with Crippen molar-refractivity contribution in [1.82, 2.24) is 0 Å². The number of ether oxygens (including phenoxy) is 1. The molecule has 128 valence electrons. The quantitative estimate of drug-likeness (QED) is 0.707. The summed E-state index contributed by atoms with van der Waals surface area (Å²) in [7, 11) is 1.63. The van der Waals surface area contributed by atoms with Crippen molar-refractivity contribution in [3.63, 3.8) is 0 Å². The van der Waals surface area contributed by atoms with Crippen LogP contribution >= 0.6 is 0 Å². The number of carbonyl (C=O) groups excluding carboxylic acids is 1. The number of amides is 1. The number of nitrogens with zero attached hydrogens (tertiary/aromatic N) is 1. The van der Waals surface area contributed by atoms with E-state index in [2.05, 4.69) is 5.32 Å². The number of para-hydroxylation sites is 1. The standard InChI is InChI=1S/C22H18N2O2/c1-26-17-13-11-16(12-14-17)23-21(15-7-3-2-4-8-15)20-18-9-5-6-10-19(18)24-22(20)25/h2-14,20H,1H3,(H,24,25). The fraction of sp³-hybridized carbons (Fsp3) is 0.0909. The predicted octanol–water partition coefficient (Wildman–Crippen LogP) is 4.55. The molecule has 0 radical (unpaired) electrons. The van der Waals surface area contributed by atoms with Crippen molar-refractivity contribution in [3.8, 4) is 5.75 Å². The van der Waals surface area contributed by atoms with Gasteiger partial charge in [-0.15, -0.1) is 0 Å². The molecule has 1 aliphatic rings. The molecule has 1 unspecified atom stereocenters. The first-order chi connectivity index (χ1) is 12.8. The van der Waals surface area contributed by atoms with Crippen molar-refractivity contribution in [2.75, 3.05) is 12.4 Å². The second kappa shape index (κ2) is 6.84. The zero-order valence-electron chi connectivity index (χ0n) is 14.3. The Hall–Kier alpha value is -3.40. The summed E-state index contributed by atoms with van der Waals surface area (Å²) >= 11 is 0. The minimum Gasteiger partial charge on any atom is -0.497 e. The zero-order valence-corrected chi connectivity index (χ0v) is 14.3. The summed E-state index contributed by atoms with van der Waals surface area (Å²) < 4.78 is 5.21. The molecule has 1 amide bonds. The zero-order chi connectivity index (χ0) is 17.9. The number of rotatable bonds is 4. The molecule has 0 fully saturated rings. The van der Waals surface area contributed by atoms with E-state index in [9.17, 15) is 4.79 Å². The Morgan fingerprint density at radius 1 is 0.923 bits per heavy atom. The maximum Gasteiger partial charge on any atom is 0.238 e. The third-order valence-corrected chi connectivity index (χ3v) is 4.46. The van der Waals surface area contributed by atoms with E-state index in [0.29, 0.717) is 0 Å². The molecule has 1 atom stereocenters. The molecule has 1 aliphatic heterocycles. The van der Waals surface area contributed by atoms with Gasteiger partial charge in [-0.3, -0.25) is 9.79 Å². The highest BCUT2D eigenvalue weighted by molar-refractivity contribution is 6.24. The second-order valence-corrected chi connectivity index (χ2v) is 6.07. The molecule has 0 saturated carbocycles. The summed E-state index contributed by atoms with van der Waals surface area (Å²) in [6, 6.07) is 25.1. The van der Waals surface area contributed by atoms with Crippen LogP contribution in [0.15, 0.2) is 83.9 Å². The monoisotopic (exact) mass is 342 g/mol. The number of methoxy groups -OCH3 is 1. The van der Waals surface area contributed by atoms with Gasteiger partial charge < -0.3 is 10.1 Å². The van der Waals surface area contributed by atoms with Crippen LogP contribution in [0.25, 0.3) is 0 Å². The predicted molar refractivity (Wildman–Crippen MR) is 103 cm³/mol. The summed E-state index contributed by atoms with van der Waals surface area (Å²) in [5.74, 6) is 0.284. The van der Waals surface area contributed by atoms with Crippen molar-refractivity contribution in [3.05, 3.63) is 90.0 Å². The number of fused-ring (bicyclic) bond motifs is 1. The Kier molecular flexibility index (Phi) is 4.23. The van der Waals surface area contributed by atoms with Crippen molar-refractivity contribution in [2.24, 2.45) is 4.99 Å². The first-order valence-electron chi connectivity index (χ1n) is 8.44. The Morgan fingerprint density at radius 3 is 2.35 bits per heavy atom. The number of carbonyl (C=O) groups is 1. The highest BCUT2D eigenvalue weighted by atomic mass is 16.5. The fourth-order valence-corrected chi connectivity index (χ4v) is 3.18. The summed E-state index contributed by atoms with van der Waals surface area (Å²) in [4.78, 5) is 17.6. The van der Waals surface area contributed by atoms with Gasteiger partial charge in [-0.1, -0.05) is 48.5 Å². The second-order valence-electron chi connectivity index (χ2n) is 6.07. The smallest absolute Gasteiger partial charge is 0.238 e. The molecule has 3 aromatic carbocycles. The average molecular weight is 342 g/mol. The van der Waals surface area contributed by atoms with Crippen molar-refractivity contribution < 1.29 is 9.53 Å². The molecule has 1 heterocycles. The molecule has 0 aromatic heterocycles. The number of nitrogens with one attached hydrogen (secondary N) is 1. The maximum atomic E-state index is 12.7. The molecular weight excluding hydrogens is 324 g/mol. The van der Waals surface area contributed by atoms with Crippen molar-refractivity contribution in [2.45, 2.75) is 5.92 Å². The van der Waals surface area contributed by atoms with Crippen molar-refractivity contribution >= 4 is 23.0 Å². The van der Waals surface area contributed by atoms with Gasteiger partial charge >= 0.3 is 0 Å². The van der Waals surface area contributed by atoms with Gasteiger partial charge in [-0.25, -0.2) is 0 Å². The summed E-state index contributed by atoms with van der Waals surface area (Å²) in [6.45, 7) is 0. The van der Waals surface area contributed by atoms with E-state index in [4.69, 9.17) is 9.73 Å². The molecule has 0 spiro atoms. The lowest BCUT2D eigenvalue weighted by Gasteiger charge is -2.14. The molecule has 1 N–H and O–H groups in total. The Bertz CT molecular complexity index is 963. The van der Waals surface area contributed by atoms with E-state index in [-0.39, 0.29) is 5.91 Å².